The van der Waals surface area contributed by atoms with Gasteiger partial charge in [-0.25, -0.2) is 13.1 Å². The van der Waals surface area contributed by atoms with Crippen LogP contribution in [0.4, 0.5) is 0 Å². The summed E-state index contributed by atoms with van der Waals surface area (Å²) in [5.41, 5.74) is 0.185. The van der Waals surface area contributed by atoms with Gasteiger partial charge in [-0.1, -0.05) is 13.0 Å². The van der Waals surface area contributed by atoms with E-state index < -0.39 is 15.6 Å². The fourth-order valence-electron chi connectivity index (χ4n) is 1.96. The number of hydrogen-bond donors (Lipinski definition) is 1. The van der Waals surface area contributed by atoms with E-state index in [1.165, 1.54) is 14.2 Å². The maximum Gasteiger partial charge on any atom is 0.244 e. The van der Waals surface area contributed by atoms with Gasteiger partial charge in [0.1, 0.15) is 16.2 Å². The molecule has 0 bridgehead atoms. The highest BCUT2D eigenvalue weighted by atomic mass is 32.2. The summed E-state index contributed by atoms with van der Waals surface area (Å²) in [6.45, 7) is 4.11. The lowest BCUT2D eigenvalue weighted by Crippen LogP contribution is -2.45. The first-order valence-corrected chi connectivity index (χ1v) is 8.51. The molecular weight excluding hydrogens is 306 g/mol. The Morgan fingerprint density at radius 2 is 1.91 bits per heavy atom. The number of hydrogen-bond acceptors (Lipinski definition) is 5. The number of ether oxygens (including phenoxy) is 3. The van der Waals surface area contributed by atoms with Gasteiger partial charge in [-0.05, 0) is 31.0 Å². The summed E-state index contributed by atoms with van der Waals surface area (Å²) in [6, 6.07) is 5.14. The van der Waals surface area contributed by atoms with Crippen molar-refractivity contribution in [2.45, 2.75) is 30.8 Å². The van der Waals surface area contributed by atoms with Gasteiger partial charge in [0.15, 0.2) is 0 Å². The summed E-state index contributed by atoms with van der Waals surface area (Å²) in [5.74, 6) is 0.315. The summed E-state index contributed by atoms with van der Waals surface area (Å²) in [5, 5.41) is 0. The van der Waals surface area contributed by atoms with E-state index in [1.54, 1.807) is 26.2 Å². The summed E-state index contributed by atoms with van der Waals surface area (Å²) < 4.78 is 43.2. The van der Waals surface area contributed by atoms with Crippen LogP contribution in [0.1, 0.15) is 19.4 Å². The van der Waals surface area contributed by atoms with E-state index >= 15 is 0 Å². The molecule has 1 atom stereocenters. The highest BCUT2D eigenvalue weighted by Gasteiger charge is 2.28. The predicted octanol–water partition coefficient (Wildman–Crippen LogP) is 1.59. The Kier molecular flexibility index (Phi) is 6.80. The molecule has 0 saturated heterocycles. The van der Waals surface area contributed by atoms with Crippen LogP contribution < -0.4 is 9.46 Å². The summed E-state index contributed by atoms with van der Waals surface area (Å²) in [6.07, 6.45) is 0.742. The van der Waals surface area contributed by atoms with Gasteiger partial charge in [-0.3, -0.25) is 0 Å². The van der Waals surface area contributed by atoms with Gasteiger partial charge in [-0.15, -0.1) is 0 Å². The third-order valence-corrected chi connectivity index (χ3v) is 4.93. The third-order valence-electron chi connectivity index (χ3n) is 3.50. The second kappa shape index (κ2) is 7.92. The normalized spacial score (nSPS) is 14.6. The average Bonchev–Trinajstić information content (AvgIpc) is 2.52. The fourth-order valence-corrected chi connectivity index (χ4v) is 3.34. The zero-order valence-electron chi connectivity index (χ0n) is 13.8. The molecule has 22 heavy (non-hydrogen) atoms. The van der Waals surface area contributed by atoms with Crippen LogP contribution in [0, 0.1) is 0 Å². The number of nitrogens with one attached hydrogen (secondary N) is 1. The van der Waals surface area contributed by atoms with Crippen molar-refractivity contribution in [3.63, 3.8) is 0 Å². The maximum atomic E-state index is 12.6. The lowest BCUT2D eigenvalue weighted by Gasteiger charge is -2.27. The van der Waals surface area contributed by atoms with Crippen molar-refractivity contribution in [3.05, 3.63) is 23.8 Å². The smallest absolute Gasteiger partial charge is 0.244 e. The van der Waals surface area contributed by atoms with Crippen LogP contribution in [0.5, 0.6) is 5.75 Å². The number of aryl methyl sites for hydroxylation is 1. The Morgan fingerprint density at radius 1 is 1.23 bits per heavy atom. The highest BCUT2D eigenvalue weighted by Crippen LogP contribution is 2.25. The number of rotatable bonds is 9. The predicted molar refractivity (Wildman–Crippen MR) is 84.9 cm³/mol. The highest BCUT2D eigenvalue weighted by molar-refractivity contribution is 7.89. The molecule has 0 aliphatic rings. The van der Waals surface area contributed by atoms with E-state index in [4.69, 9.17) is 14.2 Å². The largest absolute Gasteiger partial charge is 0.495 e. The van der Waals surface area contributed by atoms with E-state index in [0.29, 0.717) is 5.75 Å². The average molecular weight is 331 g/mol. The Labute approximate surface area is 132 Å². The minimum absolute atomic E-state index is 0.0964. The standard InChI is InChI=1S/C15H25NO5S/c1-6-12-7-8-13(20-4)14(9-12)22(17,18)16-10-15(2,21-5)11-19-3/h7-9,16H,6,10-11H2,1-5H3/t15-/m1/s1. The molecule has 0 aliphatic heterocycles. The summed E-state index contributed by atoms with van der Waals surface area (Å²) in [4.78, 5) is 0.130. The molecule has 0 saturated carbocycles. The third kappa shape index (κ3) is 4.67. The molecule has 1 aromatic rings. The van der Waals surface area contributed by atoms with E-state index in [1.807, 2.05) is 13.0 Å². The lowest BCUT2D eigenvalue weighted by atomic mass is 10.1. The molecule has 0 radical (unpaired) electrons. The second-order valence-corrected chi connectivity index (χ2v) is 6.99. The SMILES string of the molecule is CCc1ccc(OC)c(S(=O)(=O)NC[C@](C)(COC)OC)c1. The van der Waals surface area contributed by atoms with Crippen molar-refractivity contribution < 1.29 is 22.6 Å². The van der Waals surface area contributed by atoms with Crippen LogP contribution in [-0.4, -0.2) is 48.5 Å². The van der Waals surface area contributed by atoms with Crippen molar-refractivity contribution in [1.29, 1.82) is 0 Å². The van der Waals surface area contributed by atoms with Crippen molar-refractivity contribution in [1.82, 2.24) is 4.72 Å². The Morgan fingerprint density at radius 3 is 2.41 bits per heavy atom. The lowest BCUT2D eigenvalue weighted by molar-refractivity contribution is -0.0460. The molecule has 0 aliphatic carbocycles. The van der Waals surface area contributed by atoms with Crippen LogP contribution in [0.3, 0.4) is 0 Å². The first kappa shape index (κ1) is 18.9. The monoisotopic (exact) mass is 331 g/mol. The molecule has 7 heteroatoms. The summed E-state index contributed by atoms with van der Waals surface area (Å²) in [7, 11) is 0.801. The zero-order valence-corrected chi connectivity index (χ0v) is 14.6. The quantitative estimate of drug-likeness (QED) is 0.744. The fraction of sp³-hybridized carbons (Fsp3) is 0.600. The molecule has 0 fully saturated rings. The second-order valence-electron chi connectivity index (χ2n) is 5.25. The molecule has 1 N–H and O–H groups in total. The molecule has 0 unspecified atom stereocenters. The van der Waals surface area contributed by atoms with Crippen molar-refractivity contribution in [2.24, 2.45) is 0 Å². The van der Waals surface area contributed by atoms with E-state index in [0.717, 1.165) is 12.0 Å². The van der Waals surface area contributed by atoms with E-state index in [-0.39, 0.29) is 18.0 Å². The van der Waals surface area contributed by atoms with Crippen molar-refractivity contribution in [3.8, 4) is 5.75 Å². The molecule has 0 heterocycles. The first-order valence-electron chi connectivity index (χ1n) is 7.02. The number of benzene rings is 1. The van der Waals surface area contributed by atoms with Gasteiger partial charge in [0, 0.05) is 20.8 Å². The Bertz CT molecular complexity index is 588. The van der Waals surface area contributed by atoms with Gasteiger partial charge in [0.05, 0.1) is 13.7 Å². The molecule has 1 rings (SSSR count). The van der Waals surface area contributed by atoms with Gasteiger partial charge in [-0.2, -0.15) is 0 Å². The van der Waals surface area contributed by atoms with Crippen LogP contribution in [0.2, 0.25) is 0 Å². The zero-order chi connectivity index (χ0) is 16.8. The van der Waals surface area contributed by atoms with Gasteiger partial charge < -0.3 is 14.2 Å². The summed E-state index contributed by atoms with van der Waals surface area (Å²) >= 11 is 0. The van der Waals surface area contributed by atoms with Crippen molar-refractivity contribution in [2.75, 3.05) is 34.5 Å². The van der Waals surface area contributed by atoms with Crippen molar-refractivity contribution >= 4 is 10.0 Å². The van der Waals surface area contributed by atoms with Gasteiger partial charge >= 0.3 is 0 Å². The first-order chi connectivity index (χ1) is 10.3. The number of sulfonamides is 1. The Balaban J connectivity index is 3.04. The van der Waals surface area contributed by atoms with Crippen LogP contribution in [0.25, 0.3) is 0 Å². The molecule has 1 aromatic carbocycles. The maximum absolute atomic E-state index is 12.6. The van der Waals surface area contributed by atoms with E-state index in [9.17, 15) is 8.42 Å². The molecule has 0 aromatic heterocycles. The van der Waals surface area contributed by atoms with E-state index in [2.05, 4.69) is 4.72 Å². The van der Waals surface area contributed by atoms with Crippen LogP contribution in [-0.2, 0) is 25.9 Å². The molecule has 126 valence electrons. The van der Waals surface area contributed by atoms with Crippen LogP contribution in [0.15, 0.2) is 23.1 Å². The topological polar surface area (TPSA) is 73.9 Å². The van der Waals surface area contributed by atoms with Gasteiger partial charge in [0.2, 0.25) is 10.0 Å². The van der Waals surface area contributed by atoms with Crippen LogP contribution >= 0.6 is 0 Å². The molecule has 0 amide bonds. The molecular formula is C15H25NO5S. The van der Waals surface area contributed by atoms with Gasteiger partial charge in [0.25, 0.3) is 0 Å². The minimum atomic E-state index is -3.71. The molecule has 6 nitrogen and oxygen atoms in total. The minimum Gasteiger partial charge on any atom is -0.495 e. The molecule has 0 spiro atoms. The number of methoxy groups -OCH3 is 3. The Hall–Kier alpha value is -1.15.